The quantitative estimate of drug-likeness (QED) is 0.479. The largest absolute Gasteiger partial charge is 0.493 e. The van der Waals surface area contributed by atoms with Gasteiger partial charge in [-0.1, -0.05) is 24.3 Å². The molecule has 6 nitrogen and oxygen atoms in total. The Kier molecular flexibility index (Phi) is 7.61. The molecule has 1 aliphatic heterocycles. The molecule has 0 saturated carbocycles. The molecule has 2 aliphatic rings. The topological polar surface area (TPSA) is 73.9 Å². The summed E-state index contributed by atoms with van der Waals surface area (Å²) in [6, 6.07) is 10.00. The number of methoxy groups -OCH3 is 1. The van der Waals surface area contributed by atoms with E-state index < -0.39 is 29.5 Å². The molecule has 0 bridgehead atoms. The number of esters is 1. The summed E-state index contributed by atoms with van der Waals surface area (Å²) < 4.78 is 55.8. The summed E-state index contributed by atoms with van der Waals surface area (Å²) in [7, 11) is 1.45. The van der Waals surface area contributed by atoms with E-state index >= 15 is 0 Å². The zero-order chi connectivity index (χ0) is 26.7. The third-order valence-electron chi connectivity index (χ3n) is 6.51. The number of ether oxygens (including phenoxy) is 3. The second-order valence-corrected chi connectivity index (χ2v) is 8.90. The summed E-state index contributed by atoms with van der Waals surface area (Å²) in [6.45, 7) is 3.58. The predicted molar refractivity (Wildman–Crippen MR) is 130 cm³/mol. The van der Waals surface area contributed by atoms with Gasteiger partial charge in [0.05, 0.1) is 30.8 Å². The molecule has 4 rings (SSSR count). The van der Waals surface area contributed by atoms with Gasteiger partial charge >= 0.3 is 12.1 Å². The average molecular weight is 516 g/mol. The predicted octanol–water partition coefficient (Wildman–Crippen LogP) is 5.68. The van der Waals surface area contributed by atoms with Gasteiger partial charge in [0.25, 0.3) is 0 Å². The van der Waals surface area contributed by atoms with E-state index in [0.717, 1.165) is 17.8 Å². The van der Waals surface area contributed by atoms with Gasteiger partial charge in [-0.15, -0.1) is 0 Å². The first-order chi connectivity index (χ1) is 17.6. The smallest absolute Gasteiger partial charge is 0.416 e. The Balaban J connectivity index is 1.68. The van der Waals surface area contributed by atoms with E-state index in [1.165, 1.54) is 13.2 Å². The maximum absolute atomic E-state index is 13.1. The van der Waals surface area contributed by atoms with Gasteiger partial charge in [-0.25, -0.2) is 4.79 Å². The van der Waals surface area contributed by atoms with E-state index in [9.17, 15) is 22.8 Å². The average Bonchev–Trinajstić information content (AvgIpc) is 2.86. The van der Waals surface area contributed by atoms with Gasteiger partial charge in [0.2, 0.25) is 0 Å². The molecule has 1 aliphatic carbocycles. The zero-order valence-electron chi connectivity index (χ0n) is 20.8. The fraction of sp³-hybridized carbons (Fsp3) is 0.357. The summed E-state index contributed by atoms with van der Waals surface area (Å²) in [5.74, 6) is -0.990. The number of Topliss-reactive ketones (excluding diaryl/α,β-unsaturated/α-hetero) is 1. The third kappa shape index (κ3) is 5.50. The lowest BCUT2D eigenvalue weighted by atomic mass is 9.71. The number of alkyl halides is 3. The molecule has 2 aromatic carbocycles. The van der Waals surface area contributed by atoms with E-state index in [1.54, 1.807) is 38.1 Å². The number of hydrogen-bond acceptors (Lipinski definition) is 6. The fourth-order valence-corrected chi connectivity index (χ4v) is 4.85. The van der Waals surface area contributed by atoms with Gasteiger partial charge in [-0.2, -0.15) is 13.2 Å². The molecule has 0 amide bonds. The van der Waals surface area contributed by atoms with Crippen molar-refractivity contribution in [2.75, 3.05) is 13.7 Å². The van der Waals surface area contributed by atoms with Crippen molar-refractivity contribution < 1.29 is 37.0 Å². The summed E-state index contributed by atoms with van der Waals surface area (Å²) in [5.41, 5.74) is 2.01. The molecule has 1 N–H and O–H groups in total. The van der Waals surface area contributed by atoms with Crippen LogP contribution in [0.1, 0.15) is 49.3 Å². The number of nitrogens with one attached hydrogen (secondary N) is 1. The van der Waals surface area contributed by atoms with Crippen LogP contribution in [0.3, 0.4) is 0 Å². The van der Waals surface area contributed by atoms with Gasteiger partial charge in [-0.05, 0) is 55.7 Å². The van der Waals surface area contributed by atoms with Crippen molar-refractivity contribution in [3.8, 4) is 11.5 Å². The Bertz CT molecular complexity index is 1260. The van der Waals surface area contributed by atoms with Crippen molar-refractivity contribution in [2.45, 2.75) is 45.4 Å². The molecular weight excluding hydrogens is 487 g/mol. The summed E-state index contributed by atoms with van der Waals surface area (Å²) >= 11 is 0. The molecule has 37 heavy (non-hydrogen) atoms. The van der Waals surface area contributed by atoms with E-state index in [0.29, 0.717) is 46.7 Å². The van der Waals surface area contributed by atoms with Crippen LogP contribution >= 0.6 is 0 Å². The van der Waals surface area contributed by atoms with Gasteiger partial charge < -0.3 is 19.5 Å². The van der Waals surface area contributed by atoms with Gasteiger partial charge in [0, 0.05) is 23.7 Å². The second-order valence-electron chi connectivity index (χ2n) is 8.90. The highest BCUT2D eigenvalue weighted by Crippen LogP contribution is 2.45. The molecule has 0 aromatic heterocycles. The maximum Gasteiger partial charge on any atom is 0.416 e. The molecule has 0 saturated heterocycles. The minimum atomic E-state index is -4.45. The number of rotatable bonds is 7. The van der Waals surface area contributed by atoms with E-state index in [-0.39, 0.29) is 19.0 Å². The number of halogens is 3. The van der Waals surface area contributed by atoms with Crippen molar-refractivity contribution >= 4 is 11.8 Å². The molecule has 0 fully saturated rings. The summed E-state index contributed by atoms with van der Waals surface area (Å²) in [5, 5.41) is 3.21. The molecule has 0 spiro atoms. The van der Waals surface area contributed by atoms with Crippen molar-refractivity contribution in [3.63, 3.8) is 0 Å². The highest BCUT2D eigenvalue weighted by Gasteiger charge is 2.43. The number of carbonyl (C=O) groups is 2. The highest BCUT2D eigenvalue weighted by atomic mass is 19.4. The summed E-state index contributed by atoms with van der Waals surface area (Å²) in [4.78, 5) is 26.0. The molecule has 196 valence electrons. The second kappa shape index (κ2) is 10.7. The lowest BCUT2D eigenvalue weighted by molar-refractivity contribution is -0.139. The third-order valence-corrected chi connectivity index (χ3v) is 6.51. The van der Waals surface area contributed by atoms with E-state index in [1.807, 2.05) is 6.08 Å². The molecule has 9 heteroatoms. The summed E-state index contributed by atoms with van der Waals surface area (Å²) in [6.07, 6.45) is -1.47. The fourth-order valence-electron chi connectivity index (χ4n) is 4.85. The minimum absolute atomic E-state index is 0.0214. The SMILES string of the molecule is CCOC(=O)C1=C(C)NC2=CCCC(=O)C2C1c1ccc(OCc2cccc(C(F)(F)F)c2)c(OC)c1. The van der Waals surface area contributed by atoms with Crippen LogP contribution < -0.4 is 14.8 Å². The monoisotopic (exact) mass is 515 g/mol. The molecule has 2 atom stereocenters. The molecular formula is C28H28F3NO5. The molecule has 2 unspecified atom stereocenters. The van der Waals surface area contributed by atoms with Gasteiger partial charge in [0.1, 0.15) is 12.4 Å². The Morgan fingerprint density at radius 3 is 2.59 bits per heavy atom. The molecule has 2 aromatic rings. The van der Waals surface area contributed by atoms with Crippen LogP contribution in [0.2, 0.25) is 0 Å². The standard InChI is InChI=1S/C28H28F3NO5/c1-4-36-27(34)24-16(2)32-20-9-6-10-21(33)26(20)25(24)18-11-12-22(23(14-18)35-3)37-15-17-7-5-8-19(13-17)28(29,30)31/h5,7-9,11-14,25-26,32H,4,6,10,15H2,1-3H3. The Hall–Kier alpha value is -3.75. The van der Waals surface area contributed by atoms with Crippen LogP contribution in [0.5, 0.6) is 11.5 Å². The number of hydrogen-bond donors (Lipinski definition) is 1. The Morgan fingerprint density at radius 2 is 1.89 bits per heavy atom. The van der Waals surface area contributed by atoms with Crippen LogP contribution in [0.4, 0.5) is 13.2 Å². The van der Waals surface area contributed by atoms with Gasteiger partial charge in [-0.3, -0.25) is 4.79 Å². The Morgan fingerprint density at radius 1 is 1.11 bits per heavy atom. The van der Waals surface area contributed by atoms with E-state index in [4.69, 9.17) is 14.2 Å². The van der Waals surface area contributed by atoms with E-state index in [2.05, 4.69) is 5.32 Å². The number of benzene rings is 2. The lowest BCUT2D eigenvalue weighted by Crippen LogP contribution is -2.40. The first kappa shape index (κ1) is 26.3. The van der Waals surface area contributed by atoms with Crippen molar-refractivity contribution in [2.24, 2.45) is 5.92 Å². The minimum Gasteiger partial charge on any atom is -0.493 e. The number of allylic oxidation sites excluding steroid dienone is 3. The van der Waals surface area contributed by atoms with Crippen LogP contribution in [-0.2, 0) is 27.1 Å². The normalized spacial score (nSPS) is 19.5. The number of ketones is 1. The first-order valence-electron chi connectivity index (χ1n) is 12.0. The number of fused-ring (bicyclic) bond motifs is 1. The van der Waals surface area contributed by atoms with Crippen molar-refractivity contribution in [1.82, 2.24) is 5.32 Å². The zero-order valence-corrected chi connectivity index (χ0v) is 20.8. The number of carbonyl (C=O) groups excluding carboxylic acids is 2. The lowest BCUT2D eigenvalue weighted by Gasteiger charge is -2.38. The molecule has 0 radical (unpaired) electrons. The van der Waals surface area contributed by atoms with Crippen molar-refractivity contribution in [3.05, 3.63) is 82.2 Å². The maximum atomic E-state index is 13.1. The molecule has 1 heterocycles. The van der Waals surface area contributed by atoms with Crippen LogP contribution in [-0.4, -0.2) is 25.5 Å². The van der Waals surface area contributed by atoms with Crippen LogP contribution in [0.15, 0.2) is 65.5 Å². The van der Waals surface area contributed by atoms with Crippen LogP contribution in [0, 0.1) is 5.92 Å². The van der Waals surface area contributed by atoms with Crippen molar-refractivity contribution in [1.29, 1.82) is 0 Å². The highest BCUT2D eigenvalue weighted by molar-refractivity contribution is 5.96. The van der Waals surface area contributed by atoms with Gasteiger partial charge in [0.15, 0.2) is 11.5 Å². The first-order valence-corrected chi connectivity index (χ1v) is 12.0. The van der Waals surface area contributed by atoms with Crippen LogP contribution in [0.25, 0.3) is 0 Å². The Labute approximate surface area is 213 Å².